The molecule has 0 saturated heterocycles. The van der Waals surface area contributed by atoms with Crippen LogP contribution < -0.4 is 10.1 Å². The topological polar surface area (TPSA) is 84.7 Å². The molecule has 1 N–H and O–H groups in total. The zero-order chi connectivity index (χ0) is 16.8. The Morgan fingerprint density at radius 2 is 1.58 bits per heavy atom. The number of rotatable bonds is 6. The Kier molecular flexibility index (Phi) is 7.16. The minimum Gasteiger partial charge on any atom is -0.457 e. The predicted molar refractivity (Wildman–Crippen MR) is 94.0 cm³/mol. The van der Waals surface area contributed by atoms with Crippen LogP contribution in [-0.4, -0.2) is 36.4 Å². The second-order valence-corrected chi connectivity index (χ2v) is 5.16. The number of nitro groups is 1. The van der Waals surface area contributed by atoms with E-state index in [9.17, 15) is 14.9 Å². The van der Waals surface area contributed by atoms with E-state index < -0.39 is 4.92 Å². The maximum atomic E-state index is 11.6. The second kappa shape index (κ2) is 8.85. The molecular weight excluding hydrogens is 334 g/mol. The van der Waals surface area contributed by atoms with Crippen LogP contribution in [0.4, 0.5) is 11.4 Å². The minimum atomic E-state index is -0.463. The van der Waals surface area contributed by atoms with E-state index in [0.717, 1.165) is 0 Å². The predicted octanol–water partition coefficient (Wildman–Crippen LogP) is 3.31. The van der Waals surface area contributed by atoms with Crippen LogP contribution in [0.3, 0.4) is 0 Å². The van der Waals surface area contributed by atoms with E-state index in [2.05, 4.69) is 5.32 Å². The van der Waals surface area contributed by atoms with Gasteiger partial charge in [0, 0.05) is 17.8 Å². The van der Waals surface area contributed by atoms with Gasteiger partial charge in [0.1, 0.15) is 11.5 Å². The fourth-order valence-electron chi connectivity index (χ4n) is 1.87. The first-order valence-electron chi connectivity index (χ1n) is 6.91. The molecule has 0 aliphatic rings. The van der Waals surface area contributed by atoms with Gasteiger partial charge in [-0.05, 0) is 50.5 Å². The average molecular weight is 352 g/mol. The summed E-state index contributed by atoms with van der Waals surface area (Å²) < 4.78 is 5.59. The fraction of sp³-hybridized carbons (Fsp3) is 0.188. The smallest absolute Gasteiger partial charge is 0.269 e. The van der Waals surface area contributed by atoms with Crippen LogP contribution in [0.1, 0.15) is 0 Å². The van der Waals surface area contributed by atoms with E-state index in [1.807, 2.05) is 14.1 Å². The summed E-state index contributed by atoms with van der Waals surface area (Å²) in [7, 11) is 3.64. The van der Waals surface area contributed by atoms with Crippen molar-refractivity contribution in [2.45, 2.75) is 0 Å². The van der Waals surface area contributed by atoms with Crippen LogP contribution in [0, 0.1) is 10.1 Å². The van der Waals surface area contributed by atoms with Crippen molar-refractivity contribution in [3.8, 4) is 11.5 Å². The number of carbonyl (C=O) groups excluding carboxylic acids is 1. The highest BCUT2D eigenvalue weighted by Gasteiger charge is 2.06. The normalized spacial score (nSPS) is 9.96. The molecule has 7 nitrogen and oxygen atoms in total. The van der Waals surface area contributed by atoms with Gasteiger partial charge in [0.25, 0.3) is 5.69 Å². The first-order chi connectivity index (χ1) is 10.9. The number of amides is 1. The molecule has 0 heterocycles. The SMILES string of the molecule is CN(C)CC(=O)Nc1ccc(Oc2ccc([N+](=O)[O-])cc2)cc1.Cl. The van der Waals surface area contributed by atoms with Crippen molar-refractivity contribution >= 4 is 29.7 Å². The van der Waals surface area contributed by atoms with Gasteiger partial charge in [-0.1, -0.05) is 0 Å². The highest BCUT2D eigenvalue weighted by atomic mass is 35.5. The van der Waals surface area contributed by atoms with Crippen molar-refractivity contribution in [3.05, 3.63) is 58.6 Å². The second-order valence-electron chi connectivity index (χ2n) is 5.16. The van der Waals surface area contributed by atoms with Gasteiger partial charge in [-0.15, -0.1) is 12.4 Å². The van der Waals surface area contributed by atoms with Crippen LogP contribution in [0.15, 0.2) is 48.5 Å². The summed E-state index contributed by atoms with van der Waals surface area (Å²) in [6.07, 6.45) is 0. The molecule has 0 unspecified atom stereocenters. The van der Waals surface area contributed by atoms with Gasteiger partial charge in [-0.25, -0.2) is 0 Å². The summed E-state index contributed by atoms with van der Waals surface area (Å²) in [5.41, 5.74) is 0.684. The zero-order valence-corrected chi connectivity index (χ0v) is 14.1. The minimum absolute atomic E-state index is 0. The van der Waals surface area contributed by atoms with Crippen molar-refractivity contribution in [1.82, 2.24) is 4.90 Å². The molecular formula is C16H18ClN3O4. The zero-order valence-electron chi connectivity index (χ0n) is 13.3. The number of hydrogen-bond donors (Lipinski definition) is 1. The number of nitrogens with one attached hydrogen (secondary N) is 1. The molecule has 2 aromatic rings. The maximum Gasteiger partial charge on any atom is 0.269 e. The molecule has 24 heavy (non-hydrogen) atoms. The number of likely N-dealkylation sites (N-methyl/N-ethyl adjacent to an activating group) is 1. The molecule has 2 rings (SSSR count). The third-order valence-corrected chi connectivity index (χ3v) is 2.88. The van der Waals surface area contributed by atoms with Crippen molar-refractivity contribution in [3.63, 3.8) is 0 Å². The number of benzene rings is 2. The Morgan fingerprint density at radius 1 is 1.08 bits per heavy atom. The highest BCUT2D eigenvalue weighted by molar-refractivity contribution is 5.92. The molecule has 0 aromatic heterocycles. The Hall–Kier alpha value is -2.64. The van der Waals surface area contributed by atoms with Crippen LogP contribution in [-0.2, 0) is 4.79 Å². The van der Waals surface area contributed by atoms with Gasteiger partial charge in [0.2, 0.25) is 5.91 Å². The van der Waals surface area contributed by atoms with E-state index in [1.54, 1.807) is 29.2 Å². The summed E-state index contributed by atoms with van der Waals surface area (Å²) in [4.78, 5) is 23.6. The summed E-state index contributed by atoms with van der Waals surface area (Å²) in [5, 5.41) is 13.4. The molecule has 2 aromatic carbocycles. The molecule has 0 bridgehead atoms. The summed E-state index contributed by atoms with van der Waals surface area (Å²) >= 11 is 0. The van der Waals surface area contributed by atoms with Crippen LogP contribution in [0.2, 0.25) is 0 Å². The lowest BCUT2D eigenvalue weighted by Crippen LogP contribution is -2.26. The summed E-state index contributed by atoms with van der Waals surface area (Å²) in [6, 6.07) is 12.7. The summed E-state index contributed by atoms with van der Waals surface area (Å²) in [5.74, 6) is 0.975. The van der Waals surface area contributed by atoms with Crippen LogP contribution >= 0.6 is 12.4 Å². The Bertz CT molecular complexity index is 687. The molecule has 1 amide bonds. The highest BCUT2D eigenvalue weighted by Crippen LogP contribution is 2.24. The van der Waals surface area contributed by atoms with E-state index in [-0.39, 0.29) is 24.0 Å². The molecule has 0 saturated carbocycles. The molecule has 0 aliphatic carbocycles. The molecule has 0 aliphatic heterocycles. The van der Waals surface area contributed by atoms with Gasteiger partial charge in [0.15, 0.2) is 0 Å². The first kappa shape index (κ1) is 19.4. The van der Waals surface area contributed by atoms with Gasteiger partial charge in [-0.2, -0.15) is 0 Å². The molecule has 0 radical (unpaired) electrons. The number of non-ortho nitro benzene ring substituents is 1. The third-order valence-electron chi connectivity index (χ3n) is 2.88. The standard InChI is InChI=1S/C16H17N3O4.ClH/c1-18(2)11-16(20)17-12-3-7-14(8-4-12)23-15-9-5-13(6-10-15)19(21)22;/h3-10H,11H2,1-2H3,(H,17,20);1H. The number of nitrogens with zero attached hydrogens (tertiary/aromatic N) is 2. The molecule has 0 atom stereocenters. The quantitative estimate of drug-likeness (QED) is 0.637. The molecule has 128 valence electrons. The van der Waals surface area contributed by atoms with Gasteiger partial charge < -0.3 is 15.0 Å². The molecule has 8 heteroatoms. The number of anilines is 1. The number of halogens is 1. The van der Waals surface area contributed by atoms with Crippen LogP contribution in [0.25, 0.3) is 0 Å². The van der Waals surface area contributed by atoms with Gasteiger partial charge >= 0.3 is 0 Å². The fourth-order valence-corrected chi connectivity index (χ4v) is 1.87. The first-order valence-corrected chi connectivity index (χ1v) is 6.91. The van der Waals surface area contributed by atoms with Crippen LogP contribution in [0.5, 0.6) is 11.5 Å². The third kappa shape index (κ3) is 5.86. The largest absolute Gasteiger partial charge is 0.457 e. The molecule has 0 fully saturated rings. The Labute approximate surface area is 145 Å². The molecule has 0 spiro atoms. The lowest BCUT2D eigenvalue weighted by Gasteiger charge is -2.11. The average Bonchev–Trinajstić information content (AvgIpc) is 2.49. The van der Waals surface area contributed by atoms with E-state index in [4.69, 9.17) is 4.74 Å². The van der Waals surface area contributed by atoms with Crippen molar-refractivity contribution in [1.29, 1.82) is 0 Å². The number of carbonyl (C=O) groups is 1. The monoisotopic (exact) mass is 351 g/mol. The lowest BCUT2D eigenvalue weighted by atomic mass is 10.3. The van der Waals surface area contributed by atoms with E-state index in [0.29, 0.717) is 23.7 Å². The van der Waals surface area contributed by atoms with Gasteiger partial charge in [-0.3, -0.25) is 14.9 Å². The number of ether oxygens (including phenoxy) is 1. The van der Waals surface area contributed by atoms with Crippen molar-refractivity contribution in [2.24, 2.45) is 0 Å². The maximum absolute atomic E-state index is 11.6. The Morgan fingerprint density at radius 3 is 2.04 bits per heavy atom. The Balaban J connectivity index is 0.00000288. The van der Waals surface area contributed by atoms with E-state index in [1.165, 1.54) is 24.3 Å². The lowest BCUT2D eigenvalue weighted by molar-refractivity contribution is -0.384. The van der Waals surface area contributed by atoms with Crippen molar-refractivity contribution in [2.75, 3.05) is 26.0 Å². The number of nitro benzene ring substituents is 1. The van der Waals surface area contributed by atoms with Gasteiger partial charge in [0.05, 0.1) is 11.5 Å². The van der Waals surface area contributed by atoms with E-state index >= 15 is 0 Å². The summed E-state index contributed by atoms with van der Waals surface area (Å²) in [6.45, 7) is 0.307. The number of hydrogen-bond acceptors (Lipinski definition) is 5. The van der Waals surface area contributed by atoms with Crippen molar-refractivity contribution < 1.29 is 14.5 Å².